The number of halogens is 6. The zero-order chi connectivity index (χ0) is 23.3. The van der Waals surface area contributed by atoms with Crippen molar-refractivity contribution in [1.82, 2.24) is 19.7 Å². The van der Waals surface area contributed by atoms with Crippen LogP contribution in [0.3, 0.4) is 0 Å². The van der Waals surface area contributed by atoms with Gasteiger partial charge in [0.2, 0.25) is 0 Å². The van der Waals surface area contributed by atoms with Crippen LogP contribution >= 0.6 is 0 Å². The lowest BCUT2D eigenvalue weighted by atomic mass is 9.91. The van der Waals surface area contributed by atoms with E-state index in [1.54, 1.807) is 17.7 Å². The highest BCUT2D eigenvalue weighted by molar-refractivity contribution is 5.84. The molecule has 0 unspecified atom stereocenters. The van der Waals surface area contributed by atoms with Crippen molar-refractivity contribution in [2.75, 3.05) is 0 Å². The molecule has 0 radical (unpaired) electrons. The molecule has 4 rings (SSSR count). The number of fused-ring (bicyclic) bond motifs is 1. The molecule has 0 amide bonds. The van der Waals surface area contributed by atoms with Crippen LogP contribution in [0.4, 0.5) is 26.3 Å². The van der Waals surface area contributed by atoms with Crippen molar-refractivity contribution in [3.63, 3.8) is 0 Å². The molecule has 0 saturated carbocycles. The Hall–Kier alpha value is -3.34. The number of alkyl halides is 6. The van der Waals surface area contributed by atoms with Gasteiger partial charge in [0.1, 0.15) is 5.82 Å². The third-order valence-electron chi connectivity index (χ3n) is 5.17. The minimum absolute atomic E-state index is 0.208. The Morgan fingerprint density at radius 1 is 0.938 bits per heavy atom. The van der Waals surface area contributed by atoms with Gasteiger partial charge >= 0.3 is 12.4 Å². The summed E-state index contributed by atoms with van der Waals surface area (Å²) in [6.07, 6.45) is -10.1. The second-order valence-electron chi connectivity index (χ2n) is 7.36. The van der Waals surface area contributed by atoms with Crippen LogP contribution in [0.25, 0.3) is 22.3 Å². The van der Waals surface area contributed by atoms with Crippen LogP contribution in [0.15, 0.2) is 54.7 Å². The van der Waals surface area contributed by atoms with Crippen molar-refractivity contribution in [2.24, 2.45) is 0 Å². The van der Waals surface area contributed by atoms with E-state index in [0.29, 0.717) is 29.3 Å². The maximum Gasteiger partial charge on any atom is 0.430 e. The van der Waals surface area contributed by atoms with Crippen LogP contribution in [0, 0.1) is 6.92 Å². The number of aromatic nitrogens is 4. The highest BCUT2D eigenvalue weighted by Crippen LogP contribution is 2.49. The topological polar surface area (TPSA) is 66.7 Å². The Balaban J connectivity index is 1.61. The Labute approximate surface area is 177 Å². The predicted octanol–water partition coefficient (Wildman–Crippen LogP) is 5.10. The number of H-pyrrole nitrogens is 1. The number of benzene rings is 2. The normalized spacial score (nSPS) is 13.1. The molecule has 5 nitrogen and oxygen atoms in total. The van der Waals surface area contributed by atoms with Crippen LogP contribution in [0.2, 0.25) is 0 Å². The molecule has 0 fully saturated rings. The quantitative estimate of drug-likeness (QED) is 0.422. The molecule has 4 aromatic rings. The number of aryl methyl sites for hydroxylation is 1. The van der Waals surface area contributed by atoms with Crippen LogP contribution in [0.5, 0.6) is 0 Å². The zero-order valence-electron chi connectivity index (χ0n) is 16.5. The number of aromatic amines is 1. The number of rotatable bonds is 4. The summed E-state index contributed by atoms with van der Waals surface area (Å²) < 4.78 is 80.0. The van der Waals surface area contributed by atoms with Gasteiger partial charge in [0.05, 0.1) is 0 Å². The first-order valence-corrected chi connectivity index (χ1v) is 9.33. The van der Waals surface area contributed by atoms with E-state index in [9.17, 15) is 31.4 Å². The molecule has 2 aromatic heterocycles. The SMILES string of the molecule is Cc1nc(-c2ccc3c(ccn3Cc3ccc(C(O)(C(F)(F)F)C(F)(F)F)cc3)c2)n[nH]1. The summed E-state index contributed by atoms with van der Waals surface area (Å²) in [5, 5.41) is 17.2. The summed E-state index contributed by atoms with van der Waals surface area (Å²) in [6.45, 7) is 1.99. The second kappa shape index (κ2) is 7.37. The maximum absolute atomic E-state index is 13.0. The van der Waals surface area contributed by atoms with Crippen molar-refractivity contribution in [3.05, 3.63) is 71.7 Å². The van der Waals surface area contributed by atoms with Gasteiger partial charge in [-0.3, -0.25) is 5.10 Å². The van der Waals surface area contributed by atoms with Crippen molar-refractivity contribution in [2.45, 2.75) is 31.4 Å². The molecule has 2 aromatic carbocycles. The summed E-state index contributed by atoms with van der Waals surface area (Å²) in [5.41, 5.74) is -4.15. The van der Waals surface area contributed by atoms with E-state index in [1.807, 2.05) is 24.3 Å². The van der Waals surface area contributed by atoms with Crippen molar-refractivity contribution >= 4 is 10.9 Å². The number of nitrogens with one attached hydrogen (secondary N) is 1. The summed E-state index contributed by atoms with van der Waals surface area (Å²) in [6, 6.07) is 10.9. The molecule has 0 atom stereocenters. The number of hydrogen-bond donors (Lipinski definition) is 2. The highest BCUT2D eigenvalue weighted by Gasteiger charge is 2.71. The average molecular weight is 454 g/mol. The Kier molecular flexibility index (Phi) is 5.04. The van der Waals surface area contributed by atoms with Crippen molar-refractivity contribution in [3.8, 4) is 11.4 Å². The highest BCUT2D eigenvalue weighted by atomic mass is 19.4. The lowest BCUT2D eigenvalue weighted by Crippen LogP contribution is -2.53. The largest absolute Gasteiger partial charge is 0.430 e. The Morgan fingerprint density at radius 2 is 1.59 bits per heavy atom. The number of hydrogen-bond acceptors (Lipinski definition) is 3. The molecule has 0 saturated heterocycles. The van der Waals surface area contributed by atoms with Gasteiger partial charge in [-0.25, -0.2) is 4.98 Å². The number of aliphatic hydroxyl groups is 1. The first kappa shape index (κ1) is 21.9. The maximum atomic E-state index is 13.0. The summed E-state index contributed by atoms with van der Waals surface area (Å²) >= 11 is 0. The first-order valence-electron chi connectivity index (χ1n) is 9.33. The fourth-order valence-corrected chi connectivity index (χ4v) is 3.49. The summed E-state index contributed by atoms with van der Waals surface area (Å²) in [4.78, 5) is 4.27. The second-order valence-corrected chi connectivity index (χ2v) is 7.36. The molecule has 0 aliphatic heterocycles. The standard InChI is InChI=1S/C21H16F6N4O/c1-12-28-18(30-29-12)15-4-7-17-14(10-15)8-9-31(17)11-13-2-5-16(6-3-13)19(32,20(22,23)24)21(25,26)27/h2-10,32H,11H2,1H3,(H,28,29,30). The third kappa shape index (κ3) is 3.62. The lowest BCUT2D eigenvalue weighted by Gasteiger charge is -2.32. The molecule has 2 N–H and O–H groups in total. The molecule has 0 aliphatic rings. The molecule has 32 heavy (non-hydrogen) atoms. The molecule has 2 heterocycles. The Morgan fingerprint density at radius 3 is 2.16 bits per heavy atom. The predicted molar refractivity (Wildman–Crippen MR) is 104 cm³/mol. The van der Waals surface area contributed by atoms with E-state index in [2.05, 4.69) is 15.2 Å². The molecular formula is C21H16F6N4O. The average Bonchev–Trinajstić information content (AvgIpc) is 3.32. The molecule has 0 spiro atoms. The molecule has 11 heteroatoms. The zero-order valence-corrected chi connectivity index (χ0v) is 16.5. The van der Waals surface area contributed by atoms with Crippen molar-refractivity contribution in [1.29, 1.82) is 0 Å². The van der Waals surface area contributed by atoms with Gasteiger partial charge < -0.3 is 9.67 Å². The van der Waals surface area contributed by atoms with E-state index >= 15 is 0 Å². The van der Waals surface area contributed by atoms with E-state index < -0.39 is 23.5 Å². The van der Waals surface area contributed by atoms with E-state index in [1.165, 1.54) is 0 Å². The molecular weight excluding hydrogens is 438 g/mol. The van der Waals surface area contributed by atoms with Gasteiger partial charge in [-0.1, -0.05) is 24.3 Å². The number of nitrogens with zero attached hydrogens (tertiary/aromatic N) is 3. The molecule has 0 aliphatic carbocycles. The van der Waals surface area contributed by atoms with Gasteiger partial charge in [-0.05, 0) is 36.8 Å². The van der Waals surface area contributed by atoms with E-state index in [-0.39, 0.29) is 6.54 Å². The van der Waals surface area contributed by atoms with E-state index in [4.69, 9.17) is 0 Å². The van der Waals surface area contributed by atoms with Gasteiger partial charge in [0.15, 0.2) is 5.82 Å². The van der Waals surface area contributed by atoms with Gasteiger partial charge in [-0.2, -0.15) is 31.4 Å². The van der Waals surface area contributed by atoms with Crippen LogP contribution in [-0.4, -0.2) is 37.2 Å². The van der Waals surface area contributed by atoms with E-state index in [0.717, 1.165) is 28.6 Å². The monoisotopic (exact) mass is 454 g/mol. The van der Waals surface area contributed by atoms with Gasteiger partial charge in [0.25, 0.3) is 5.60 Å². The Bertz CT molecular complexity index is 1240. The van der Waals surface area contributed by atoms with Crippen LogP contribution < -0.4 is 0 Å². The fourth-order valence-electron chi connectivity index (χ4n) is 3.49. The van der Waals surface area contributed by atoms with Crippen LogP contribution in [0.1, 0.15) is 17.0 Å². The minimum atomic E-state index is -5.91. The minimum Gasteiger partial charge on any atom is -0.369 e. The smallest absolute Gasteiger partial charge is 0.369 e. The van der Waals surface area contributed by atoms with Gasteiger partial charge in [-0.15, -0.1) is 0 Å². The first-order chi connectivity index (χ1) is 14.9. The summed E-state index contributed by atoms with van der Waals surface area (Å²) in [7, 11) is 0. The van der Waals surface area contributed by atoms with Crippen LogP contribution in [-0.2, 0) is 12.1 Å². The lowest BCUT2D eigenvalue weighted by molar-refractivity contribution is -0.376. The fraction of sp³-hybridized carbons (Fsp3) is 0.238. The molecule has 0 bridgehead atoms. The van der Waals surface area contributed by atoms with Crippen molar-refractivity contribution < 1.29 is 31.4 Å². The third-order valence-corrected chi connectivity index (χ3v) is 5.17. The summed E-state index contributed by atoms with van der Waals surface area (Å²) in [5.74, 6) is 1.21. The van der Waals surface area contributed by atoms with Gasteiger partial charge in [0, 0.05) is 34.8 Å². The molecule has 168 valence electrons.